The van der Waals surface area contributed by atoms with Crippen LogP contribution in [0.2, 0.25) is 0 Å². The van der Waals surface area contributed by atoms with E-state index in [1.165, 1.54) is 12.4 Å². The lowest BCUT2D eigenvalue weighted by atomic mass is 10.1. The van der Waals surface area contributed by atoms with Gasteiger partial charge in [0.1, 0.15) is 12.2 Å². The molecular weight excluding hydrogens is 360 g/mol. The molecule has 1 aliphatic rings. The smallest absolute Gasteiger partial charge is 0.293 e. The predicted molar refractivity (Wildman–Crippen MR) is 96.6 cm³/mol. The molecule has 1 amide bonds. The molecule has 1 aliphatic heterocycles. The molecule has 4 rings (SSSR count). The first-order valence-corrected chi connectivity index (χ1v) is 8.93. The average Bonchev–Trinajstić information content (AvgIpc) is 3.12. The largest absolute Gasteiger partial charge is 0.470 e. The van der Waals surface area contributed by atoms with Gasteiger partial charge in [-0.1, -0.05) is 0 Å². The second-order valence-electron chi connectivity index (χ2n) is 6.64. The molecule has 0 N–H and O–H groups in total. The highest BCUT2D eigenvalue weighted by Gasteiger charge is 2.29. The molecule has 28 heavy (non-hydrogen) atoms. The molecule has 0 aliphatic carbocycles. The zero-order valence-electron chi connectivity index (χ0n) is 15.5. The molecular formula is C18H18N8O2. The number of nitrogens with zero attached hydrogens (tertiary/aromatic N) is 8. The van der Waals surface area contributed by atoms with E-state index < -0.39 is 0 Å². The third-order valence-electron chi connectivity index (χ3n) is 4.52. The second-order valence-corrected chi connectivity index (χ2v) is 6.64. The van der Waals surface area contributed by atoms with Crippen molar-refractivity contribution < 1.29 is 9.53 Å². The maximum absolute atomic E-state index is 12.9. The Hall–Kier alpha value is -3.61. The molecule has 4 heterocycles. The standard InChI is InChI=1S/C18H18N8O2/c1-11-8-12(2)26-18(22-11)23-15(24-26)17(27)25-7-3-4-13(10-25)28-16-14(9-19)20-5-6-21-16/h5-6,8,13H,3-4,7,10H2,1-2H3/t13-/m0/s1. The van der Waals surface area contributed by atoms with Crippen LogP contribution in [0.25, 0.3) is 5.78 Å². The van der Waals surface area contributed by atoms with Crippen LogP contribution < -0.4 is 4.74 Å². The third kappa shape index (κ3) is 3.34. The molecule has 0 saturated carbocycles. The van der Waals surface area contributed by atoms with Gasteiger partial charge >= 0.3 is 0 Å². The van der Waals surface area contributed by atoms with Gasteiger partial charge in [0, 0.05) is 30.3 Å². The van der Waals surface area contributed by atoms with Crippen LogP contribution in [0.5, 0.6) is 5.88 Å². The summed E-state index contributed by atoms with van der Waals surface area (Å²) in [4.78, 5) is 31.2. The molecule has 1 atom stereocenters. The summed E-state index contributed by atoms with van der Waals surface area (Å²) in [6.07, 6.45) is 4.15. The van der Waals surface area contributed by atoms with E-state index in [2.05, 4.69) is 25.0 Å². The first kappa shape index (κ1) is 17.8. The summed E-state index contributed by atoms with van der Waals surface area (Å²) >= 11 is 0. The van der Waals surface area contributed by atoms with Gasteiger partial charge in [0.05, 0.1) is 6.54 Å². The van der Waals surface area contributed by atoms with E-state index in [0.717, 1.165) is 24.2 Å². The number of piperidine rings is 1. The number of nitriles is 1. The van der Waals surface area contributed by atoms with Crippen LogP contribution in [0.1, 0.15) is 40.5 Å². The summed E-state index contributed by atoms with van der Waals surface area (Å²) < 4.78 is 7.41. The fraction of sp³-hybridized carbons (Fsp3) is 0.389. The monoisotopic (exact) mass is 378 g/mol. The van der Waals surface area contributed by atoms with Crippen LogP contribution >= 0.6 is 0 Å². The number of ether oxygens (including phenoxy) is 1. The Morgan fingerprint density at radius 2 is 2.11 bits per heavy atom. The highest BCUT2D eigenvalue weighted by Crippen LogP contribution is 2.19. The van der Waals surface area contributed by atoms with Crippen LogP contribution in [-0.2, 0) is 0 Å². The Bertz CT molecular complexity index is 1090. The Balaban J connectivity index is 1.52. The number of hydrogen-bond donors (Lipinski definition) is 0. The van der Waals surface area contributed by atoms with E-state index in [4.69, 9.17) is 10.00 Å². The van der Waals surface area contributed by atoms with Crippen molar-refractivity contribution in [3.63, 3.8) is 0 Å². The molecule has 0 aromatic carbocycles. The van der Waals surface area contributed by atoms with Crippen LogP contribution in [0.3, 0.4) is 0 Å². The van der Waals surface area contributed by atoms with Crippen molar-refractivity contribution in [3.8, 4) is 11.9 Å². The van der Waals surface area contributed by atoms with Crippen LogP contribution in [-0.4, -0.2) is 59.6 Å². The molecule has 1 saturated heterocycles. The number of rotatable bonds is 3. The average molecular weight is 378 g/mol. The van der Waals surface area contributed by atoms with Gasteiger partial charge < -0.3 is 9.64 Å². The molecule has 142 valence electrons. The Labute approximate surface area is 160 Å². The zero-order valence-corrected chi connectivity index (χ0v) is 15.5. The lowest BCUT2D eigenvalue weighted by molar-refractivity contribution is 0.0515. The van der Waals surface area contributed by atoms with Gasteiger partial charge in [0.2, 0.25) is 11.5 Å². The van der Waals surface area contributed by atoms with Gasteiger partial charge in [-0.2, -0.15) is 10.2 Å². The minimum Gasteiger partial charge on any atom is -0.470 e. The van der Waals surface area contributed by atoms with Crippen molar-refractivity contribution >= 4 is 11.7 Å². The van der Waals surface area contributed by atoms with Crippen molar-refractivity contribution in [2.24, 2.45) is 0 Å². The molecule has 3 aromatic rings. The highest BCUT2D eigenvalue weighted by atomic mass is 16.5. The summed E-state index contributed by atoms with van der Waals surface area (Å²) in [7, 11) is 0. The number of aromatic nitrogens is 6. The summed E-state index contributed by atoms with van der Waals surface area (Å²) in [5, 5.41) is 13.4. The van der Waals surface area contributed by atoms with Crippen molar-refractivity contribution in [1.29, 1.82) is 5.26 Å². The molecule has 10 heteroatoms. The molecule has 0 spiro atoms. The van der Waals surface area contributed by atoms with Crippen molar-refractivity contribution in [1.82, 2.24) is 34.4 Å². The number of likely N-dealkylation sites (tertiary alicyclic amines) is 1. The Morgan fingerprint density at radius 1 is 1.29 bits per heavy atom. The summed E-state index contributed by atoms with van der Waals surface area (Å²) in [5.74, 6) is 0.434. The first-order valence-electron chi connectivity index (χ1n) is 8.93. The molecule has 1 fully saturated rings. The third-order valence-corrected chi connectivity index (χ3v) is 4.52. The van der Waals surface area contributed by atoms with Gasteiger partial charge in [-0.25, -0.2) is 19.5 Å². The quantitative estimate of drug-likeness (QED) is 0.664. The molecule has 0 radical (unpaired) electrons. The van der Waals surface area contributed by atoms with Gasteiger partial charge in [-0.15, -0.1) is 5.10 Å². The lowest BCUT2D eigenvalue weighted by Gasteiger charge is -2.31. The lowest BCUT2D eigenvalue weighted by Crippen LogP contribution is -2.44. The number of hydrogen-bond acceptors (Lipinski definition) is 8. The Kier molecular flexibility index (Phi) is 4.57. The first-order chi connectivity index (χ1) is 13.5. The van der Waals surface area contributed by atoms with Crippen LogP contribution in [0, 0.1) is 25.2 Å². The maximum Gasteiger partial charge on any atom is 0.293 e. The van der Waals surface area contributed by atoms with Crippen molar-refractivity contribution in [3.05, 3.63) is 41.4 Å². The zero-order chi connectivity index (χ0) is 19.7. The molecule has 0 unspecified atom stereocenters. The van der Waals surface area contributed by atoms with E-state index >= 15 is 0 Å². The van der Waals surface area contributed by atoms with E-state index in [0.29, 0.717) is 18.9 Å². The number of fused-ring (bicyclic) bond motifs is 1. The molecule has 3 aromatic heterocycles. The van der Waals surface area contributed by atoms with Crippen LogP contribution in [0.15, 0.2) is 18.5 Å². The topological polar surface area (TPSA) is 122 Å². The number of amides is 1. The highest BCUT2D eigenvalue weighted by molar-refractivity contribution is 5.91. The summed E-state index contributed by atoms with van der Waals surface area (Å²) in [6.45, 7) is 4.72. The molecule has 0 bridgehead atoms. The van der Waals surface area contributed by atoms with Gasteiger partial charge in [0.25, 0.3) is 17.6 Å². The number of aryl methyl sites for hydroxylation is 2. The number of carbonyl (C=O) groups is 1. The molecule has 10 nitrogen and oxygen atoms in total. The maximum atomic E-state index is 12.9. The minimum absolute atomic E-state index is 0.110. The van der Waals surface area contributed by atoms with Gasteiger partial charge in [-0.05, 0) is 32.8 Å². The van der Waals surface area contributed by atoms with E-state index in [1.54, 1.807) is 9.42 Å². The van der Waals surface area contributed by atoms with Gasteiger partial charge in [0.15, 0.2) is 0 Å². The SMILES string of the molecule is Cc1cc(C)n2nc(C(=O)N3CCC[C@H](Oc4nccnc4C#N)C3)nc2n1. The second kappa shape index (κ2) is 7.19. The normalized spacial score (nSPS) is 16.8. The van der Waals surface area contributed by atoms with Gasteiger partial charge in [-0.3, -0.25) is 4.79 Å². The van der Waals surface area contributed by atoms with E-state index in [9.17, 15) is 4.79 Å². The van der Waals surface area contributed by atoms with E-state index in [-0.39, 0.29) is 29.4 Å². The minimum atomic E-state index is -0.277. The predicted octanol–water partition coefficient (Wildman–Crippen LogP) is 1.09. The van der Waals surface area contributed by atoms with Crippen molar-refractivity contribution in [2.75, 3.05) is 13.1 Å². The fourth-order valence-corrected chi connectivity index (χ4v) is 3.26. The summed E-state index contributed by atoms with van der Waals surface area (Å²) in [6, 6.07) is 3.84. The van der Waals surface area contributed by atoms with Crippen molar-refractivity contribution in [2.45, 2.75) is 32.8 Å². The summed E-state index contributed by atoms with van der Waals surface area (Å²) in [5.41, 5.74) is 1.81. The fourth-order valence-electron chi connectivity index (χ4n) is 3.26. The van der Waals surface area contributed by atoms with Crippen LogP contribution in [0.4, 0.5) is 0 Å². The Morgan fingerprint density at radius 3 is 2.93 bits per heavy atom. The van der Waals surface area contributed by atoms with E-state index in [1.807, 2.05) is 26.0 Å². The number of carbonyl (C=O) groups excluding carboxylic acids is 1.